The molecule has 0 saturated carbocycles. The van der Waals surface area contributed by atoms with Crippen molar-refractivity contribution in [3.8, 4) is 6.07 Å². The summed E-state index contributed by atoms with van der Waals surface area (Å²) < 4.78 is 0. The van der Waals surface area contributed by atoms with Gasteiger partial charge in [0, 0.05) is 6.07 Å². The van der Waals surface area contributed by atoms with E-state index in [1.165, 1.54) is 29.5 Å². The number of nitrogens with one attached hydrogen (secondary N) is 2. The van der Waals surface area contributed by atoms with Crippen LogP contribution in [0.1, 0.15) is 16.1 Å². The van der Waals surface area contributed by atoms with E-state index in [1.54, 1.807) is 11.4 Å². The molecule has 0 aliphatic rings. The number of carbonyl (C=O) groups is 1. The van der Waals surface area contributed by atoms with E-state index in [0.717, 1.165) is 0 Å². The second kappa shape index (κ2) is 4.63. The maximum absolute atomic E-state index is 11.7. The Morgan fingerprint density at radius 2 is 2.24 bits per heavy atom. The number of pyridine rings is 1. The van der Waals surface area contributed by atoms with Crippen LogP contribution >= 0.6 is 11.3 Å². The number of hydrogen-bond acceptors (Lipinski definition) is 4. The van der Waals surface area contributed by atoms with Crippen LogP contribution in [-0.4, -0.2) is 10.9 Å². The summed E-state index contributed by atoms with van der Waals surface area (Å²) in [6.45, 7) is 0. The Bertz CT molecular complexity index is 651. The van der Waals surface area contributed by atoms with E-state index in [0.29, 0.717) is 10.6 Å². The SMILES string of the molecule is N#Cc1ccsc1NC(=O)c1cccc(=O)[nH]1. The zero-order valence-corrected chi connectivity index (χ0v) is 9.38. The monoisotopic (exact) mass is 245 g/mol. The summed E-state index contributed by atoms with van der Waals surface area (Å²) in [4.78, 5) is 25.2. The second-order valence-corrected chi connectivity index (χ2v) is 4.07. The molecule has 0 aliphatic heterocycles. The quantitative estimate of drug-likeness (QED) is 0.841. The van der Waals surface area contributed by atoms with Crippen LogP contribution in [0.4, 0.5) is 5.00 Å². The van der Waals surface area contributed by atoms with Gasteiger partial charge >= 0.3 is 0 Å². The van der Waals surface area contributed by atoms with Gasteiger partial charge in [-0.3, -0.25) is 9.59 Å². The molecule has 17 heavy (non-hydrogen) atoms. The number of aromatic nitrogens is 1. The average molecular weight is 245 g/mol. The molecular weight excluding hydrogens is 238 g/mol. The number of nitriles is 1. The van der Waals surface area contributed by atoms with Crippen LogP contribution in [0.5, 0.6) is 0 Å². The molecule has 2 aromatic rings. The topological polar surface area (TPSA) is 85.8 Å². The van der Waals surface area contributed by atoms with Crippen LogP contribution < -0.4 is 10.9 Å². The van der Waals surface area contributed by atoms with Gasteiger partial charge in [-0.2, -0.15) is 5.26 Å². The van der Waals surface area contributed by atoms with Gasteiger partial charge in [-0.15, -0.1) is 11.3 Å². The van der Waals surface area contributed by atoms with Gasteiger partial charge in [-0.25, -0.2) is 0 Å². The Labute approximate surface area is 100 Å². The smallest absolute Gasteiger partial charge is 0.272 e. The molecular formula is C11H7N3O2S. The van der Waals surface area contributed by atoms with E-state index < -0.39 is 5.91 Å². The summed E-state index contributed by atoms with van der Waals surface area (Å²) in [5.74, 6) is -0.443. The molecule has 6 heteroatoms. The highest BCUT2D eigenvalue weighted by molar-refractivity contribution is 7.14. The molecule has 0 spiro atoms. The fourth-order valence-electron chi connectivity index (χ4n) is 1.24. The van der Waals surface area contributed by atoms with Crippen molar-refractivity contribution < 1.29 is 4.79 Å². The van der Waals surface area contributed by atoms with E-state index in [4.69, 9.17) is 5.26 Å². The molecule has 1 amide bonds. The fraction of sp³-hybridized carbons (Fsp3) is 0. The predicted molar refractivity (Wildman–Crippen MR) is 64.0 cm³/mol. The first-order valence-corrected chi connectivity index (χ1v) is 5.57. The number of amides is 1. The molecule has 0 saturated heterocycles. The lowest BCUT2D eigenvalue weighted by molar-refractivity contribution is 0.102. The van der Waals surface area contributed by atoms with Crippen molar-refractivity contribution in [3.63, 3.8) is 0 Å². The number of rotatable bonds is 2. The zero-order chi connectivity index (χ0) is 12.3. The molecule has 0 unspecified atom stereocenters. The van der Waals surface area contributed by atoms with Gasteiger partial charge in [0.1, 0.15) is 16.8 Å². The van der Waals surface area contributed by atoms with Gasteiger partial charge in [-0.05, 0) is 17.5 Å². The largest absolute Gasteiger partial charge is 0.318 e. The van der Waals surface area contributed by atoms with Crippen molar-refractivity contribution in [2.45, 2.75) is 0 Å². The molecule has 0 fully saturated rings. The lowest BCUT2D eigenvalue weighted by Gasteiger charge is -2.02. The van der Waals surface area contributed by atoms with Gasteiger partial charge in [0.25, 0.3) is 5.91 Å². The molecule has 2 rings (SSSR count). The van der Waals surface area contributed by atoms with Crippen LogP contribution in [0, 0.1) is 11.3 Å². The maximum atomic E-state index is 11.7. The standard InChI is InChI=1S/C11H7N3O2S/c12-6-7-4-5-17-11(7)14-10(16)8-2-1-3-9(15)13-8/h1-5H,(H,13,15)(H,14,16). The molecule has 2 N–H and O–H groups in total. The van der Waals surface area contributed by atoms with Crippen LogP contribution in [-0.2, 0) is 0 Å². The van der Waals surface area contributed by atoms with Gasteiger partial charge < -0.3 is 10.3 Å². The Morgan fingerprint density at radius 1 is 1.41 bits per heavy atom. The molecule has 0 radical (unpaired) electrons. The van der Waals surface area contributed by atoms with E-state index in [1.807, 2.05) is 6.07 Å². The number of thiophene rings is 1. The fourth-order valence-corrected chi connectivity index (χ4v) is 1.98. The van der Waals surface area contributed by atoms with Crippen molar-refractivity contribution in [1.82, 2.24) is 4.98 Å². The van der Waals surface area contributed by atoms with E-state index in [9.17, 15) is 9.59 Å². The summed E-state index contributed by atoms with van der Waals surface area (Å²) >= 11 is 1.25. The number of anilines is 1. The van der Waals surface area contributed by atoms with Crippen molar-refractivity contribution in [2.75, 3.05) is 5.32 Å². The Morgan fingerprint density at radius 3 is 2.94 bits per heavy atom. The first-order chi connectivity index (χ1) is 8.20. The maximum Gasteiger partial charge on any atom is 0.272 e. The molecule has 2 aromatic heterocycles. The lowest BCUT2D eigenvalue weighted by Crippen LogP contribution is -2.17. The number of H-pyrrole nitrogens is 1. The van der Waals surface area contributed by atoms with Gasteiger partial charge in [0.05, 0.1) is 5.56 Å². The molecule has 84 valence electrons. The van der Waals surface area contributed by atoms with Crippen LogP contribution in [0.25, 0.3) is 0 Å². The molecule has 0 atom stereocenters. The highest BCUT2D eigenvalue weighted by atomic mass is 32.1. The Kier molecular flexibility index (Phi) is 3.03. The minimum absolute atomic E-state index is 0.162. The van der Waals surface area contributed by atoms with Crippen LogP contribution in [0.15, 0.2) is 34.4 Å². The minimum atomic E-state index is -0.443. The third-order valence-corrected chi connectivity index (χ3v) is 2.86. The van der Waals surface area contributed by atoms with Crippen molar-refractivity contribution in [1.29, 1.82) is 5.26 Å². The molecule has 2 heterocycles. The molecule has 0 aliphatic carbocycles. The van der Waals surface area contributed by atoms with Crippen molar-refractivity contribution >= 4 is 22.2 Å². The van der Waals surface area contributed by atoms with Gasteiger partial charge in [0.2, 0.25) is 5.56 Å². The minimum Gasteiger partial charge on any atom is -0.318 e. The van der Waals surface area contributed by atoms with E-state index in [2.05, 4.69) is 10.3 Å². The first kappa shape index (κ1) is 11.1. The third kappa shape index (κ3) is 2.41. The van der Waals surface area contributed by atoms with Crippen LogP contribution in [0.2, 0.25) is 0 Å². The highest BCUT2D eigenvalue weighted by Crippen LogP contribution is 2.22. The molecule has 0 aromatic carbocycles. The second-order valence-electron chi connectivity index (χ2n) is 3.16. The third-order valence-electron chi connectivity index (χ3n) is 2.03. The lowest BCUT2D eigenvalue weighted by atomic mass is 10.3. The van der Waals surface area contributed by atoms with Crippen LogP contribution in [0.3, 0.4) is 0 Å². The summed E-state index contributed by atoms with van der Waals surface area (Å²) in [5, 5.41) is 13.5. The average Bonchev–Trinajstić information content (AvgIpc) is 2.76. The number of nitrogens with zero attached hydrogens (tertiary/aromatic N) is 1. The van der Waals surface area contributed by atoms with E-state index in [-0.39, 0.29) is 11.3 Å². The molecule has 5 nitrogen and oxygen atoms in total. The predicted octanol–water partition coefficient (Wildman–Crippen LogP) is 1.56. The summed E-state index contributed by atoms with van der Waals surface area (Å²) in [5.41, 5.74) is 0.223. The summed E-state index contributed by atoms with van der Waals surface area (Å²) in [6.07, 6.45) is 0. The van der Waals surface area contributed by atoms with Crippen molar-refractivity contribution in [3.05, 3.63) is 51.3 Å². The van der Waals surface area contributed by atoms with Crippen molar-refractivity contribution in [2.24, 2.45) is 0 Å². The highest BCUT2D eigenvalue weighted by Gasteiger charge is 2.10. The first-order valence-electron chi connectivity index (χ1n) is 4.69. The number of aromatic amines is 1. The van der Waals surface area contributed by atoms with Gasteiger partial charge in [0.15, 0.2) is 0 Å². The molecule has 0 bridgehead atoms. The van der Waals surface area contributed by atoms with E-state index >= 15 is 0 Å². The summed E-state index contributed by atoms with van der Waals surface area (Å²) in [7, 11) is 0. The number of hydrogen-bond donors (Lipinski definition) is 2. The van der Waals surface area contributed by atoms with Gasteiger partial charge in [-0.1, -0.05) is 6.07 Å². The summed E-state index contributed by atoms with van der Waals surface area (Å²) in [6, 6.07) is 7.90. The number of carbonyl (C=O) groups excluding carboxylic acids is 1. The Hall–Kier alpha value is -2.39. The Balaban J connectivity index is 2.24. The normalized spacial score (nSPS) is 9.59. The zero-order valence-electron chi connectivity index (χ0n) is 8.56.